The van der Waals surface area contributed by atoms with Gasteiger partial charge < -0.3 is 10.2 Å². The Morgan fingerprint density at radius 3 is 2.90 bits per heavy atom. The first-order valence-electron chi connectivity index (χ1n) is 7.63. The van der Waals surface area contributed by atoms with Gasteiger partial charge in [0, 0.05) is 13.1 Å². The zero-order chi connectivity index (χ0) is 15.2. The molecular weight excluding hydrogens is 282 g/mol. The summed E-state index contributed by atoms with van der Waals surface area (Å²) in [5.74, 6) is 0.0198. The van der Waals surface area contributed by atoms with Crippen LogP contribution in [0.1, 0.15) is 52.5 Å². The van der Waals surface area contributed by atoms with Gasteiger partial charge in [-0.25, -0.2) is 4.98 Å². The average Bonchev–Trinajstić information content (AvgIpc) is 2.80. The van der Waals surface area contributed by atoms with E-state index >= 15 is 0 Å². The van der Waals surface area contributed by atoms with Crippen LogP contribution in [0.3, 0.4) is 0 Å². The highest BCUT2D eigenvalue weighted by Crippen LogP contribution is 2.21. The normalized spacial score (nSPS) is 15.1. The Balaban J connectivity index is 1.85. The second-order valence-corrected chi connectivity index (χ2v) is 6.96. The summed E-state index contributed by atoms with van der Waals surface area (Å²) in [6.07, 6.45) is 8.32. The Bertz CT molecular complexity index is 520. The third-order valence-electron chi connectivity index (χ3n) is 3.62. The number of allylic oxidation sites excluding steroid dienone is 1. The zero-order valence-corrected chi connectivity index (χ0v) is 14.1. The predicted molar refractivity (Wildman–Crippen MR) is 87.7 cm³/mol. The van der Waals surface area contributed by atoms with Crippen LogP contribution in [0.5, 0.6) is 0 Å². The maximum Gasteiger partial charge on any atom is 0.263 e. The number of hydrogen-bond donors (Lipinski definition) is 1. The smallest absolute Gasteiger partial charge is 0.263 e. The number of hydrogen-bond acceptors (Lipinski definition) is 4. The first-order chi connectivity index (χ1) is 10.1. The second-order valence-electron chi connectivity index (χ2n) is 5.87. The van der Waals surface area contributed by atoms with Gasteiger partial charge in [-0.3, -0.25) is 4.79 Å². The zero-order valence-electron chi connectivity index (χ0n) is 13.2. The molecule has 0 saturated heterocycles. The molecule has 5 heteroatoms. The molecule has 1 aliphatic rings. The molecule has 1 aromatic heterocycles. The minimum absolute atomic E-state index is 0.0198. The lowest BCUT2D eigenvalue weighted by Crippen LogP contribution is -2.24. The third kappa shape index (κ3) is 4.93. The van der Waals surface area contributed by atoms with Crippen molar-refractivity contribution >= 4 is 17.2 Å². The summed E-state index contributed by atoms with van der Waals surface area (Å²) in [4.78, 5) is 19.5. The van der Waals surface area contributed by atoms with Crippen molar-refractivity contribution in [2.24, 2.45) is 0 Å². The van der Waals surface area contributed by atoms with E-state index in [9.17, 15) is 4.79 Å². The van der Waals surface area contributed by atoms with E-state index in [-0.39, 0.29) is 5.91 Å². The molecule has 0 fully saturated rings. The van der Waals surface area contributed by atoms with Gasteiger partial charge >= 0.3 is 0 Å². The van der Waals surface area contributed by atoms with Gasteiger partial charge in [-0.1, -0.05) is 11.6 Å². The van der Waals surface area contributed by atoms with Crippen LogP contribution in [0.25, 0.3) is 0 Å². The number of carbonyl (C=O) groups excluding carboxylic acids is 1. The molecule has 0 atom stereocenters. The molecule has 1 heterocycles. The Kier molecular flexibility index (Phi) is 5.94. The molecular formula is C16H25N3OS. The molecule has 1 amide bonds. The number of aromatic nitrogens is 1. The predicted octanol–water partition coefficient (Wildman–Crippen LogP) is 3.13. The van der Waals surface area contributed by atoms with Gasteiger partial charge in [0.1, 0.15) is 9.88 Å². The van der Waals surface area contributed by atoms with E-state index in [1.54, 1.807) is 0 Å². The highest BCUT2D eigenvalue weighted by atomic mass is 32.1. The van der Waals surface area contributed by atoms with E-state index in [0.29, 0.717) is 0 Å². The van der Waals surface area contributed by atoms with E-state index in [4.69, 9.17) is 0 Å². The Hall–Kier alpha value is -1.20. The van der Waals surface area contributed by atoms with Crippen LogP contribution in [0.15, 0.2) is 11.6 Å². The number of amides is 1. The molecule has 0 saturated carbocycles. The van der Waals surface area contributed by atoms with Gasteiger partial charge in [0.05, 0.1) is 5.69 Å². The molecule has 1 aliphatic carbocycles. The molecule has 116 valence electrons. The molecule has 2 rings (SSSR count). The van der Waals surface area contributed by atoms with Gasteiger partial charge in [-0.2, -0.15) is 0 Å². The van der Waals surface area contributed by atoms with Crippen LogP contribution in [0.2, 0.25) is 0 Å². The molecule has 0 bridgehead atoms. The summed E-state index contributed by atoms with van der Waals surface area (Å²) in [5.41, 5.74) is 2.34. The molecule has 1 aromatic rings. The molecule has 0 aliphatic heterocycles. The van der Waals surface area contributed by atoms with Crippen molar-refractivity contribution in [3.8, 4) is 0 Å². The van der Waals surface area contributed by atoms with Crippen LogP contribution >= 0.6 is 11.3 Å². The number of carbonyl (C=O) groups is 1. The molecule has 4 nitrogen and oxygen atoms in total. The maximum atomic E-state index is 12.2. The van der Waals surface area contributed by atoms with Crippen molar-refractivity contribution in [3.05, 3.63) is 27.2 Å². The minimum atomic E-state index is 0.0198. The third-order valence-corrected chi connectivity index (χ3v) is 4.76. The van der Waals surface area contributed by atoms with Gasteiger partial charge in [0.2, 0.25) is 0 Å². The fourth-order valence-electron chi connectivity index (χ4n) is 2.55. The molecule has 0 spiro atoms. The highest BCUT2D eigenvalue weighted by molar-refractivity contribution is 7.13. The molecule has 0 aromatic carbocycles. The van der Waals surface area contributed by atoms with Crippen molar-refractivity contribution in [2.75, 3.05) is 20.6 Å². The van der Waals surface area contributed by atoms with Crippen molar-refractivity contribution in [2.45, 2.75) is 45.6 Å². The first-order valence-corrected chi connectivity index (χ1v) is 8.45. The largest absolute Gasteiger partial charge is 0.351 e. The maximum absolute atomic E-state index is 12.2. The first kappa shape index (κ1) is 16.2. The number of thiazole rings is 1. The van der Waals surface area contributed by atoms with E-state index in [1.807, 2.05) is 21.0 Å². The molecule has 0 radical (unpaired) electrons. The van der Waals surface area contributed by atoms with Crippen LogP contribution in [0.4, 0.5) is 0 Å². The lowest BCUT2D eigenvalue weighted by atomic mass is 9.97. The lowest BCUT2D eigenvalue weighted by Gasteiger charge is -2.12. The monoisotopic (exact) mass is 307 g/mol. The number of nitrogens with one attached hydrogen (secondary N) is 1. The van der Waals surface area contributed by atoms with Crippen LogP contribution < -0.4 is 5.32 Å². The summed E-state index contributed by atoms with van der Waals surface area (Å²) in [6, 6.07) is 0. The van der Waals surface area contributed by atoms with Crippen molar-refractivity contribution in [1.82, 2.24) is 15.2 Å². The lowest BCUT2D eigenvalue weighted by molar-refractivity contribution is 0.0957. The van der Waals surface area contributed by atoms with Gasteiger partial charge in [-0.15, -0.1) is 11.3 Å². The second kappa shape index (κ2) is 7.71. The van der Waals surface area contributed by atoms with E-state index in [1.165, 1.54) is 42.6 Å². The van der Waals surface area contributed by atoms with Crippen LogP contribution in [-0.4, -0.2) is 36.4 Å². The van der Waals surface area contributed by atoms with Crippen molar-refractivity contribution in [1.29, 1.82) is 0 Å². The Labute approximate surface area is 131 Å². The summed E-state index contributed by atoms with van der Waals surface area (Å²) in [5, 5.41) is 4.03. The highest BCUT2D eigenvalue weighted by Gasteiger charge is 2.15. The quantitative estimate of drug-likeness (QED) is 0.821. The summed E-state index contributed by atoms with van der Waals surface area (Å²) >= 11 is 1.50. The van der Waals surface area contributed by atoms with E-state index < -0.39 is 0 Å². The topological polar surface area (TPSA) is 45.2 Å². The fourth-order valence-corrected chi connectivity index (χ4v) is 3.65. The number of aryl methyl sites for hydroxylation is 1. The van der Waals surface area contributed by atoms with Gasteiger partial charge in [-0.05, 0) is 53.1 Å². The Morgan fingerprint density at radius 2 is 2.24 bits per heavy atom. The van der Waals surface area contributed by atoms with E-state index in [2.05, 4.69) is 21.3 Å². The number of rotatable bonds is 6. The van der Waals surface area contributed by atoms with Crippen LogP contribution in [0, 0.1) is 6.92 Å². The summed E-state index contributed by atoms with van der Waals surface area (Å²) in [7, 11) is 4.02. The SMILES string of the molecule is Cc1nc(CN(C)C)sc1C(=O)NCCC1=CCCCC1. The van der Waals surface area contributed by atoms with Gasteiger partial charge in [0.25, 0.3) is 5.91 Å². The van der Waals surface area contributed by atoms with E-state index in [0.717, 1.165) is 35.1 Å². The standard InChI is InChI=1S/C16H25N3OS/c1-12-15(21-14(18-12)11-19(2)3)16(20)17-10-9-13-7-5-4-6-8-13/h7H,4-6,8-11H2,1-3H3,(H,17,20). The summed E-state index contributed by atoms with van der Waals surface area (Å²) in [6.45, 7) is 3.42. The molecule has 0 unspecified atom stereocenters. The van der Waals surface area contributed by atoms with Gasteiger partial charge in [0.15, 0.2) is 0 Å². The number of nitrogens with zero attached hydrogens (tertiary/aromatic N) is 2. The molecule has 21 heavy (non-hydrogen) atoms. The average molecular weight is 307 g/mol. The minimum Gasteiger partial charge on any atom is -0.351 e. The van der Waals surface area contributed by atoms with Crippen molar-refractivity contribution < 1.29 is 4.79 Å². The fraction of sp³-hybridized carbons (Fsp3) is 0.625. The summed E-state index contributed by atoms with van der Waals surface area (Å²) < 4.78 is 0. The van der Waals surface area contributed by atoms with Crippen molar-refractivity contribution in [3.63, 3.8) is 0 Å². The Morgan fingerprint density at radius 1 is 1.43 bits per heavy atom. The van der Waals surface area contributed by atoms with Crippen LogP contribution in [-0.2, 0) is 6.54 Å². The molecule has 1 N–H and O–H groups in total.